The highest BCUT2D eigenvalue weighted by Gasteiger charge is 2.39. The van der Waals surface area contributed by atoms with Crippen molar-refractivity contribution in [3.8, 4) is 0 Å². The van der Waals surface area contributed by atoms with Crippen molar-refractivity contribution in [3.05, 3.63) is 34.9 Å². The van der Waals surface area contributed by atoms with E-state index in [1.165, 1.54) is 31.2 Å². The van der Waals surface area contributed by atoms with Crippen LogP contribution in [0, 0.1) is 17.8 Å². The summed E-state index contributed by atoms with van der Waals surface area (Å²) in [6, 6.07) is 7.83. The van der Waals surface area contributed by atoms with Crippen LogP contribution in [-0.4, -0.2) is 12.5 Å². The van der Waals surface area contributed by atoms with E-state index in [0.717, 1.165) is 36.2 Å². The van der Waals surface area contributed by atoms with Crippen LogP contribution in [0.5, 0.6) is 0 Å². The lowest BCUT2D eigenvalue weighted by atomic mass is 9.86. The summed E-state index contributed by atoms with van der Waals surface area (Å²) < 4.78 is 0. The van der Waals surface area contributed by atoms with Crippen LogP contribution in [-0.2, 0) is 11.2 Å². The Balaban J connectivity index is 1.38. The fraction of sp³-hybridized carbons (Fsp3) is 0.588. The van der Waals surface area contributed by atoms with Gasteiger partial charge in [0.05, 0.1) is 0 Å². The first-order valence-corrected chi connectivity index (χ1v) is 8.09. The molecule has 1 amide bonds. The number of carbonyl (C=O) groups excluding carboxylic acids is 1. The summed E-state index contributed by atoms with van der Waals surface area (Å²) in [6.45, 7) is 0.723. The summed E-state index contributed by atoms with van der Waals surface area (Å²) >= 11 is 5.85. The van der Waals surface area contributed by atoms with Crippen molar-refractivity contribution >= 4 is 17.5 Å². The van der Waals surface area contributed by atoms with Crippen LogP contribution in [0.3, 0.4) is 0 Å². The maximum absolute atomic E-state index is 12.0. The van der Waals surface area contributed by atoms with Crippen LogP contribution in [0.1, 0.15) is 37.7 Å². The molecule has 0 unspecified atom stereocenters. The zero-order valence-corrected chi connectivity index (χ0v) is 12.5. The fourth-order valence-corrected chi connectivity index (χ4v) is 4.06. The van der Waals surface area contributed by atoms with Gasteiger partial charge in [0.1, 0.15) is 0 Å². The van der Waals surface area contributed by atoms with Crippen molar-refractivity contribution < 1.29 is 4.79 Å². The van der Waals surface area contributed by atoms with Gasteiger partial charge in [0.15, 0.2) is 0 Å². The molecule has 3 atom stereocenters. The lowest BCUT2D eigenvalue weighted by Gasteiger charge is -2.20. The van der Waals surface area contributed by atoms with E-state index in [9.17, 15) is 4.79 Å². The highest BCUT2D eigenvalue weighted by atomic mass is 35.5. The largest absolute Gasteiger partial charge is 0.356 e. The predicted octanol–water partition coefficient (Wildman–Crippen LogP) is 3.83. The summed E-state index contributed by atoms with van der Waals surface area (Å²) in [4.78, 5) is 12.0. The van der Waals surface area contributed by atoms with E-state index in [1.807, 2.05) is 24.3 Å². The first-order chi connectivity index (χ1) is 9.70. The number of hydrogen-bond donors (Lipinski definition) is 1. The molecule has 0 saturated heterocycles. The molecule has 2 bridgehead atoms. The van der Waals surface area contributed by atoms with E-state index in [4.69, 9.17) is 11.6 Å². The Morgan fingerprint density at radius 2 is 2.00 bits per heavy atom. The maximum Gasteiger partial charge on any atom is 0.220 e. The monoisotopic (exact) mass is 291 g/mol. The third-order valence-corrected chi connectivity index (χ3v) is 5.23. The lowest BCUT2D eigenvalue weighted by molar-refractivity contribution is -0.122. The van der Waals surface area contributed by atoms with Gasteiger partial charge < -0.3 is 5.32 Å². The van der Waals surface area contributed by atoms with Gasteiger partial charge in [-0.2, -0.15) is 0 Å². The molecule has 0 radical (unpaired) electrons. The molecule has 20 heavy (non-hydrogen) atoms. The molecule has 3 rings (SSSR count). The Hall–Kier alpha value is -1.02. The Morgan fingerprint density at radius 3 is 2.65 bits per heavy atom. The zero-order chi connectivity index (χ0) is 13.9. The second-order valence-electron chi connectivity index (χ2n) is 6.37. The quantitative estimate of drug-likeness (QED) is 0.878. The van der Waals surface area contributed by atoms with Crippen molar-refractivity contribution in [2.24, 2.45) is 17.8 Å². The van der Waals surface area contributed by atoms with Crippen LogP contribution >= 0.6 is 11.6 Å². The number of benzene rings is 1. The molecule has 2 aliphatic rings. The molecule has 108 valence electrons. The summed E-state index contributed by atoms with van der Waals surface area (Å²) in [6.07, 6.45) is 7.03. The molecule has 1 aromatic carbocycles. The molecule has 0 aliphatic heterocycles. The van der Waals surface area contributed by atoms with E-state index in [1.54, 1.807) is 0 Å². The second-order valence-corrected chi connectivity index (χ2v) is 6.80. The molecule has 0 aromatic heterocycles. The Bertz CT molecular complexity index is 470. The van der Waals surface area contributed by atoms with E-state index in [2.05, 4.69) is 5.32 Å². The number of hydrogen-bond acceptors (Lipinski definition) is 1. The fourth-order valence-electron chi connectivity index (χ4n) is 3.93. The molecule has 1 aromatic rings. The minimum absolute atomic E-state index is 0.233. The smallest absolute Gasteiger partial charge is 0.220 e. The average Bonchev–Trinajstić information content (AvgIpc) is 3.03. The molecule has 0 spiro atoms. The zero-order valence-electron chi connectivity index (χ0n) is 11.8. The van der Waals surface area contributed by atoms with Gasteiger partial charge >= 0.3 is 0 Å². The Kier molecular flexibility index (Phi) is 4.30. The first kappa shape index (κ1) is 13.9. The Morgan fingerprint density at radius 1 is 1.20 bits per heavy atom. The summed E-state index contributed by atoms with van der Waals surface area (Å²) in [5.41, 5.74) is 1.22. The second kappa shape index (κ2) is 6.17. The molecule has 3 heteroatoms. The topological polar surface area (TPSA) is 29.1 Å². The van der Waals surface area contributed by atoms with E-state index >= 15 is 0 Å². The molecular formula is C17H22ClNO. The lowest BCUT2D eigenvalue weighted by Crippen LogP contribution is -2.28. The van der Waals surface area contributed by atoms with E-state index in [-0.39, 0.29) is 5.91 Å². The Labute approximate surface area is 125 Å². The minimum Gasteiger partial charge on any atom is -0.356 e. The first-order valence-electron chi connectivity index (χ1n) is 7.72. The van der Waals surface area contributed by atoms with E-state index in [0.29, 0.717) is 5.92 Å². The number of amides is 1. The SMILES string of the molecule is O=C(C[C@@H]1C[C@H]2CC[C@H]1C2)NCCc1ccc(Cl)cc1. The van der Waals surface area contributed by atoms with Crippen LogP contribution in [0.4, 0.5) is 0 Å². The number of rotatable bonds is 5. The molecule has 2 nitrogen and oxygen atoms in total. The standard InChI is InChI=1S/C17H22ClNO/c18-16-5-2-12(3-6-16)7-8-19-17(20)11-15-10-13-1-4-14(15)9-13/h2-3,5-6,13-15H,1,4,7-11H2,(H,19,20)/t13-,14-,15-/m0/s1. The number of fused-ring (bicyclic) bond motifs is 2. The van der Waals surface area contributed by atoms with E-state index < -0.39 is 0 Å². The van der Waals surface area contributed by atoms with Crippen LogP contribution in [0.25, 0.3) is 0 Å². The van der Waals surface area contributed by atoms with Crippen LogP contribution in [0.15, 0.2) is 24.3 Å². The summed E-state index contributed by atoms with van der Waals surface area (Å²) in [7, 11) is 0. The highest BCUT2D eigenvalue weighted by molar-refractivity contribution is 6.30. The van der Waals surface area contributed by atoms with Crippen LogP contribution in [0.2, 0.25) is 5.02 Å². The molecule has 0 heterocycles. The third kappa shape index (κ3) is 3.35. The number of nitrogens with one attached hydrogen (secondary N) is 1. The van der Waals surface area contributed by atoms with Crippen molar-refractivity contribution in [2.75, 3.05) is 6.54 Å². The van der Waals surface area contributed by atoms with Gasteiger partial charge in [0.2, 0.25) is 5.91 Å². The van der Waals surface area contributed by atoms with Gasteiger partial charge in [-0.3, -0.25) is 4.79 Å². The summed E-state index contributed by atoms with van der Waals surface area (Å²) in [5.74, 6) is 2.65. The van der Waals surface area contributed by atoms with Gasteiger partial charge in [-0.05, 0) is 61.1 Å². The highest BCUT2D eigenvalue weighted by Crippen LogP contribution is 2.49. The molecular weight excluding hydrogens is 270 g/mol. The number of halogens is 1. The third-order valence-electron chi connectivity index (χ3n) is 4.98. The maximum atomic E-state index is 12.0. The van der Waals surface area contributed by atoms with Gasteiger partial charge in [-0.1, -0.05) is 30.2 Å². The average molecular weight is 292 g/mol. The van der Waals surface area contributed by atoms with Crippen molar-refractivity contribution in [1.82, 2.24) is 5.32 Å². The van der Waals surface area contributed by atoms with Crippen LogP contribution < -0.4 is 5.32 Å². The predicted molar refractivity (Wildman–Crippen MR) is 81.7 cm³/mol. The number of carbonyl (C=O) groups is 1. The van der Waals surface area contributed by atoms with Gasteiger partial charge in [0.25, 0.3) is 0 Å². The van der Waals surface area contributed by atoms with Crippen molar-refractivity contribution in [1.29, 1.82) is 0 Å². The normalized spacial score (nSPS) is 27.8. The van der Waals surface area contributed by atoms with Crippen molar-refractivity contribution in [2.45, 2.75) is 38.5 Å². The summed E-state index contributed by atoms with van der Waals surface area (Å²) in [5, 5.41) is 3.82. The van der Waals surface area contributed by atoms with Gasteiger partial charge in [-0.15, -0.1) is 0 Å². The van der Waals surface area contributed by atoms with Gasteiger partial charge in [0, 0.05) is 18.0 Å². The van der Waals surface area contributed by atoms with Crippen molar-refractivity contribution in [3.63, 3.8) is 0 Å². The minimum atomic E-state index is 0.233. The van der Waals surface area contributed by atoms with Gasteiger partial charge in [-0.25, -0.2) is 0 Å². The molecule has 1 N–H and O–H groups in total. The molecule has 2 saturated carbocycles. The molecule has 2 fully saturated rings. The molecule has 2 aliphatic carbocycles.